The highest BCUT2D eigenvalue weighted by Gasteiger charge is 2.41. The van der Waals surface area contributed by atoms with E-state index in [2.05, 4.69) is 36.6 Å². The van der Waals surface area contributed by atoms with Crippen LogP contribution < -0.4 is 9.47 Å². The maximum absolute atomic E-state index is 12.7. The first-order valence-electron chi connectivity index (χ1n) is 9.34. The third-order valence-electron chi connectivity index (χ3n) is 4.63. The van der Waals surface area contributed by atoms with E-state index in [1.165, 1.54) is 21.1 Å². The summed E-state index contributed by atoms with van der Waals surface area (Å²) in [5.41, 5.74) is 1.61. The first kappa shape index (κ1) is 24.3. The van der Waals surface area contributed by atoms with Crippen LogP contribution in [0.4, 0.5) is 4.79 Å². The van der Waals surface area contributed by atoms with Gasteiger partial charge in [0.2, 0.25) is 0 Å². The molecule has 1 atom stereocenters. The summed E-state index contributed by atoms with van der Waals surface area (Å²) in [5, 5.41) is -0.531. The molecule has 0 aromatic heterocycles. The Bertz CT molecular complexity index is 1090. The van der Waals surface area contributed by atoms with Crippen molar-refractivity contribution in [1.82, 2.24) is 4.90 Å². The number of nitrogens with zero attached hydrogens (tertiary/aromatic N) is 1. The molecule has 168 valence electrons. The van der Waals surface area contributed by atoms with Crippen molar-refractivity contribution in [2.45, 2.75) is 19.6 Å². The number of carbonyl (C=O) groups excluding carboxylic acids is 3. The monoisotopic (exact) mass is 583 g/mol. The van der Waals surface area contributed by atoms with E-state index in [0.717, 1.165) is 26.7 Å². The molecule has 7 nitrogen and oxygen atoms in total. The molecule has 0 unspecified atom stereocenters. The van der Waals surface area contributed by atoms with E-state index in [1.807, 2.05) is 24.3 Å². The molecule has 0 bridgehead atoms. The number of hydrogen-bond donors (Lipinski definition) is 0. The van der Waals surface area contributed by atoms with Crippen molar-refractivity contribution in [3.8, 4) is 11.5 Å². The van der Waals surface area contributed by atoms with E-state index in [9.17, 15) is 14.4 Å². The highest BCUT2D eigenvalue weighted by Crippen LogP contribution is 2.39. The van der Waals surface area contributed by atoms with Crippen LogP contribution in [-0.4, -0.2) is 42.3 Å². The molecule has 1 saturated heterocycles. The summed E-state index contributed by atoms with van der Waals surface area (Å²) in [6.07, 6.45) is 1.57. The van der Waals surface area contributed by atoms with E-state index >= 15 is 0 Å². The normalized spacial score (nSPS) is 15.8. The second kappa shape index (κ2) is 10.5. The largest absolute Gasteiger partial charge is 0.493 e. The van der Waals surface area contributed by atoms with Gasteiger partial charge in [-0.3, -0.25) is 14.5 Å². The smallest absolute Gasteiger partial charge is 0.328 e. The van der Waals surface area contributed by atoms with E-state index in [0.29, 0.717) is 28.1 Å². The Morgan fingerprint density at radius 2 is 1.81 bits per heavy atom. The lowest BCUT2D eigenvalue weighted by Crippen LogP contribution is -2.42. The van der Waals surface area contributed by atoms with Gasteiger partial charge in [0.15, 0.2) is 11.5 Å². The van der Waals surface area contributed by atoms with E-state index in [-0.39, 0.29) is 4.91 Å². The Labute approximate surface area is 206 Å². The van der Waals surface area contributed by atoms with E-state index in [4.69, 9.17) is 9.47 Å². The Balaban J connectivity index is 1.83. The zero-order chi connectivity index (χ0) is 23.4. The molecule has 10 heteroatoms. The number of ether oxygens (including phenoxy) is 3. The molecule has 1 aliphatic heterocycles. The molecule has 32 heavy (non-hydrogen) atoms. The SMILES string of the molecule is COC(=O)[C@@H](C)N1C(=O)S/C(=C/c2cc(OC)c(OCc3ccc(Br)cc3)cc2Br)C1=O. The maximum Gasteiger partial charge on any atom is 0.328 e. The van der Waals surface area contributed by atoms with Crippen LogP contribution >= 0.6 is 43.6 Å². The van der Waals surface area contributed by atoms with Gasteiger partial charge in [-0.1, -0.05) is 44.0 Å². The molecule has 0 aliphatic carbocycles. The average Bonchev–Trinajstić information content (AvgIpc) is 3.06. The van der Waals surface area contributed by atoms with Crippen molar-refractivity contribution in [3.05, 3.63) is 61.4 Å². The maximum atomic E-state index is 12.7. The summed E-state index contributed by atoms with van der Waals surface area (Å²) in [6.45, 7) is 1.79. The standard InChI is InChI=1S/C22H19Br2NO6S/c1-12(21(27)30-3)25-20(26)19(32-22(25)28)9-14-8-17(29-2)18(10-16(14)24)31-11-13-4-6-15(23)7-5-13/h4-10,12H,11H2,1-3H3/b19-9+/t12-/m1/s1. The molecular formula is C22H19Br2NO6S. The van der Waals surface area contributed by atoms with Gasteiger partial charge in [-0.05, 0) is 60.2 Å². The molecule has 2 aromatic carbocycles. The van der Waals surface area contributed by atoms with Crippen LogP contribution in [0.2, 0.25) is 0 Å². The molecular weight excluding hydrogens is 566 g/mol. The third kappa shape index (κ3) is 5.36. The van der Waals surface area contributed by atoms with Crippen LogP contribution in [0.3, 0.4) is 0 Å². The fourth-order valence-corrected chi connectivity index (χ4v) is 4.51. The Kier molecular flexibility index (Phi) is 8.02. The van der Waals surface area contributed by atoms with Gasteiger partial charge in [-0.15, -0.1) is 0 Å². The number of halogens is 2. The topological polar surface area (TPSA) is 82.1 Å². The van der Waals surface area contributed by atoms with Gasteiger partial charge < -0.3 is 14.2 Å². The van der Waals surface area contributed by atoms with Gasteiger partial charge in [-0.25, -0.2) is 4.79 Å². The summed E-state index contributed by atoms with van der Waals surface area (Å²) in [7, 11) is 2.73. The van der Waals surface area contributed by atoms with E-state index < -0.39 is 23.2 Å². The Morgan fingerprint density at radius 3 is 2.44 bits per heavy atom. The van der Waals surface area contributed by atoms with E-state index in [1.54, 1.807) is 18.2 Å². The van der Waals surface area contributed by atoms with Crippen molar-refractivity contribution in [3.63, 3.8) is 0 Å². The highest BCUT2D eigenvalue weighted by atomic mass is 79.9. The number of hydrogen-bond acceptors (Lipinski definition) is 7. The minimum Gasteiger partial charge on any atom is -0.493 e. The summed E-state index contributed by atoms with van der Waals surface area (Å²) >= 11 is 7.65. The van der Waals surface area contributed by atoms with Crippen molar-refractivity contribution in [2.24, 2.45) is 0 Å². The van der Waals surface area contributed by atoms with Gasteiger partial charge in [0.25, 0.3) is 11.1 Å². The van der Waals surface area contributed by atoms with Crippen LogP contribution in [-0.2, 0) is 20.9 Å². The van der Waals surface area contributed by atoms with Gasteiger partial charge >= 0.3 is 5.97 Å². The minimum atomic E-state index is -1.01. The predicted molar refractivity (Wildman–Crippen MR) is 128 cm³/mol. The fraction of sp³-hybridized carbons (Fsp3) is 0.227. The van der Waals surface area contributed by atoms with Gasteiger partial charge in [0.05, 0.1) is 19.1 Å². The molecule has 0 N–H and O–H groups in total. The minimum absolute atomic E-state index is 0.192. The number of esters is 1. The van der Waals surface area contributed by atoms with Crippen LogP contribution in [0, 0.1) is 0 Å². The van der Waals surface area contributed by atoms with Crippen LogP contribution in [0.1, 0.15) is 18.1 Å². The molecule has 1 fully saturated rings. The zero-order valence-electron chi connectivity index (χ0n) is 17.4. The number of benzene rings is 2. The summed E-state index contributed by atoms with van der Waals surface area (Å²) in [5.74, 6) is -0.228. The second-order valence-corrected chi connectivity index (χ2v) is 9.45. The predicted octanol–water partition coefficient (Wildman–Crippen LogP) is 5.40. The molecule has 1 heterocycles. The second-order valence-electron chi connectivity index (χ2n) is 6.69. The van der Waals surface area contributed by atoms with Crippen LogP contribution in [0.5, 0.6) is 11.5 Å². The molecule has 0 spiro atoms. The van der Waals surface area contributed by atoms with Crippen LogP contribution in [0.15, 0.2) is 50.2 Å². The lowest BCUT2D eigenvalue weighted by atomic mass is 10.1. The van der Waals surface area contributed by atoms with Crippen molar-refractivity contribution in [2.75, 3.05) is 14.2 Å². The molecule has 3 rings (SSSR count). The summed E-state index contributed by atoms with van der Waals surface area (Å²) in [6, 6.07) is 10.2. The first-order chi connectivity index (χ1) is 15.2. The van der Waals surface area contributed by atoms with Gasteiger partial charge in [0.1, 0.15) is 12.6 Å². The number of carbonyl (C=O) groups is 3. The highest BCUT2D eigenvalue weighted by molar-refractivity contribution is 9.10. The van der Waals surface area contributed by atoms with Gasteiger partial charge in [0, 0.05) is 8.95 Å². The molecule has 0 saturated carbocycles. The van der Waals surface area contributed by atoms with Crippen LogP contribution in [0.25, 0.3) is 6.08 Å². The lowest BCUT2D eigenvalue weighted by molar-refractivity contribution is -0.148. The number of methoxy groups -OCH3 is 2. The van der Waals surface area contributed by atoms with Crippen molar-refractivity contribution >= 4 is 66.8 Å². The van der Waals surface area contributed by atoms with Crippen molar-refractivity contribution in [1.29, 1.82) is 0 Å². The molecule has 2 aromatic rings. The summed E-state index contributed by atoms with van der Waals surface area (Å²) < 4.78 is 17.6. The summed E-state index contributed by atoms with van der Waals surface area (Å²) in [4.78, 5) is 37.9. The molecule has 1 aliphatic rings. The fourth-order valence-electron chi connectivity index (χ4n) is 2.91. The molecule has 2 amide bonds. The quantitative estimate of drug-likeness (QED) is 0.318. The number of thioether (sulfide) groups is 1. The Hall–Kier alpha value is -2.30. The number of imide groups is 1. The van der Waals surface area contributed by atoms with Gasteiger partial charge in [-0.2, -0.15) is 0 Å². The number of amides is 2. The average molecular weight is 585 g/mol. The third-order valence-corrected chi connectivity index (χ3v) is 6.73. The van der Waals surface area contributed by atoms with Crippen molar-refractivity contribution < 1.29 is 28.6 Å². The first-order valence-corrected chi connectivity index (χ1v) is 11.7. The molecule has 0 radical (unpaired) electrons. The Morgan fingerprint density at radius 1 is 1.12 bits per heavy atom. The number of rotatable bonds is 7. The lowest BCUT2D eigenvalue weighted by Gasteiger charge is -2.18. The zero-order valence-corrected chi connectivity index (χ0v) is 21.4.